The van der Waals surface area contributed by atoms with Gasteiger partial charge in [0.25, 0.3) is 5.91 Å². The van der Waals surface area contributed by atoms with Crippen LogP contribution >= 0.6 is 23.2 Å². The Kier molecular flexibility index (Phi) is 5.06. The second-order valence-corrected chi connectivity index (χ2v) is 5.93. The molecule has 0 spiro atoms. The van der Waals surface area contributed by atoms with Gasteiger partial charge in [0.05, 0.1) is 16.9 Å². The molecule has 0 aliphatic carbocycles. The Balaban J connectivity index is 1.94. The molecule has 0 radical (unpaired) electrons. The number of benzene rings is 1. The van der Waals surface area contributed by atoms with E-state index in [1.807, 2.05) is 0 Å². The van der Waals surface area contributed by atoms with E-state index < -0.39 is 5.91 Å². The molecular weight excluding hydrogens is 377 g/mol. The summed E-state index contributed by atoms with van der Waals surface area (Å²) in [6.07, 6.45) is 5.65. The van der Waals surface area contributed by atoms with Gasteiger partial charge in [-0.15, -0.1) is 0 Å². The second kappa shape index (κ2) is 7.42. The zero-order valence-electron chi connectivity index (χ0n) is 13.2. The molecule has 2 heterocycles. The van der Waals surface area contributed by atoms with E-state index in [1.54, 1.807) is 30.5 Å². The van der Waals surface area contributed by atoms with Crippen LogP contribution in [0.5, 0.6) is 0 Å². The van der Waals surface area contributed by atoms with Crippen molar-refractivity contribution in [2.45, 2.75) is 0 Å². The van der Waals surface area contributed by atoms with Crippen LogP contribution in [0.2, 0.25) is 10.0 Å². The molecule has 3 aromatic rings. The fourth-order valence-electron chi connectivity index (χ4n) is 2.13. The average molecular weight is 390 g/mol. The highest BCUT2D eigenvalue weighted by Crippen LogP contribution is 2.28. The van der Waals surface area contributed by atoms with Crippen LogP contribution in [0.25, 0.3) is 5.65 Å². The third kappa shape index (κ3) is 3.76. The molecule has 0 unspecified atom stereocenters. The van der Waals surface area contributed by atoms with Gasteiger partial charge in [0.1, 0.15) is 17.2 Å². The van der Waals surface area contributed by atoms with Gasteiger partial charge in [0, 0.05) is 11.2 Å². The molecule has 1 amide bonds. The lowest BCUT2D eigenvalue weighted by Gasteiger charge is -2.06. The Morgan fingerprint density at radius 2 is 2.12 bits per heavy atom. The van der Waals surface area contributed by atoms with Crippen LogP contribution in [0.4, 0.5) is 11.5 Å². The fraction of sp³-hybridized carbons (Fsp3) is 0. The Labute approximate surface area is 158 Å². The highest BCUT2D eigenvalue weighted by molar-refractivity contribution is 6.35. The van der Waals surface area contributed by atoms with Crippen molar-refractivity contribution >= 4 is 52.1 Å². The summed E-state index contributed by atoms with van der Waals surface area (Å²) in [4.78, 5) is 21.0. The van der Waals surface area contributed by atoms with E-state index in [4.69, 9.17) is 34.7 Å². The van der Waals surface area contributed by atoms with Crippen LogP contribution in [0.15, 0.2) is 53.9 Å². The number of amidine groups is 1. The van der Waals surface area contributed by atoms with Crippen LogP contribution in [0, 0.1) is 0 Å². The molecule has 0 fully saturated rings. The summed E-state index contributed by atoms with van der Waals surface area (Å²) in [5.41, 5.74) is 12.0. The number of nitrogens with zero attached hydrogens (tertiary/aromatic N) is 4. The Morgan fingerprint density at radius 3 is 2.88 bits per heavy atom. The largest absolute Gasteiger partial charge is 0.404 e. The number of carbonyl (C=O) groups is 1. The molecule has 0 saturated carbocycles. The van der Waals surface area contributed by atoms with Crippen LogP contribution in [0.1, 0.15) is 10.4 Å². The van der Waals surface area contributed by atoms with Crippen molar-refractivity contribution in [1.29, 1.82) is 0 Å². The number of carbonyl (C=O) groups excluding carboxylic acids is 1. The number of aromatic nitrogens is 3. The first-order valence-electron chi connectivity index (χ1n) is 7.31. The molecule has 1 aromatic carbocycles. The number of nitrogens with one attached hydrogen (secondary N) is 1. The summed E-state index contributed by atoms with van der Waals surface area (Å²) >= 11 is 12.1. The monoisotopic (exact) mass is 389 g/mol. The minimum atomic E-state index is -0.479. The van der Waals surface area contributed by atoms with Gasteiger partial charge in [-0.2, -0.15) is 5.10 Å². The molecule has 5 N–H and O–H groups in total. The van der Waals surface area contributed by atoms with Crippen LogP contribution in [-0.4, -0.2) is 26.3 Å². The number of amides is 1. The average Bonchev–Trinajstić information content (AvgIpc) is 3.01. The van der Waals surface area contributed by atoms with Crippen molar-refractivity contribution in [3.63, 3.8) is 0 Å². The van der Waals surface area contributed by atoms with E-state index in [0.29, 0.717) is 21.4 Å². The number of aliphatic imine (C=N–C) groups is 1. The Hall–Kier alpha value is -3.10. The van der Waals surface area contributed by atoms with Gasteiger partial charge in [-0.3, -0.25) is 4.79 Å². The predicted octanol–water partition coefficient (Wildman–Crippen LogP) is 2.55. The summed E-state index contributed by atoms with van der Waals surface area (Å²) in [6.45, 7) is 0. The molecule has 132 valence electrons. The van der Waals surface area contributed by atoms with E-state index in [9.17, 15) is 4.79 Å². The van der Waals surface area contributed by atoms with E-state index >= 15 is 0 Å². The molecule has 10 heteroatoms. The standard InChI is InChI=1S/C16H13Cl2N7O/c17-9-1-2-11(18)12(7-9)22-14(3-5-19)24-16(26)10-8-21-25-6-4-13(20)23-15(10)25/h1-8H,19H2,(H2,20,23)(H,22,24,26). The molecule has 0 bridgehead atoms. The zero-order valence-corrected chi connectivity index (χ0v) is 14.7. The minimum Gasteiger partial charge on any atom is -0.404 e. The number of fused-ring (bicyclic) bond motifs is 1. The maximum Gasteiger partial charge on any atom is 0.262 e. The third-order valence-electron chi connectivity index (χ3n) is 3.28. The van der Waals surface area contributed by atoms with Gasteiger partial charge in [-0.05, 0) is 36.5 Å². The molecule has 0 atom stereocenters. The smallest absolute Gasteiger partial charge is 0.262 e. The molecule has 0 saturated heterocycles. The SMILES string of the molecule is NC=CC(=Nc1cc(Cl)ccc1Cl)NC(=O)c1cnn2ccc(N)nc12. The first-order valence-corrected chi connectivity index (χ1v) is 8.07. The first-order chi connectivity index (χ1) is 12.5. The maximum absolute atomic E-state index is 12.6. The molecular formula is C16H13Cl2N7O. The quantitative estimate of drug-likeness (QED) is 0.468. The van der Waals surface area contributed by atoms with Crippen molar-refractivity contribution in [2.24, 2.45) is 10.7 Å². The van der Waals surface area contributed by atoms with E-state index in [-0.39, 0.29) is 17.2 Å². The van der Waals surface area contributed by atoms with Gasteiger partial charge in [0.15, 0.2) is 5.65 Å². The topological polar surface area (TPSA) is 124 Å². The van der Waals surface area contributed by atoms with Gasteiger partial charge in [0.2, 0.25) is 0 Å². The highest BCUT2D eigenvalue weighted by Gasteiger charge is 2.15. The van der Waals surface area contributed by atoms with Gasteiger partial charge >= 0.3 is 0 Å². The second-order valence-electron chi connectivity index (χ2n) is 5.08. The fourth-order valence-corrected chi connectivity index (χ4v) is 2.45. The van der Waals surface area contributed by atoms with Crippen molar-refractivity contribution in [3.8, 4) is 0 Å². The maximum atomic E-state index is 12.6. The molecule has 0 aliphatic heterocycles. The Morgan fingerprint density at radius 1 is 1.31 bits per heavy atom. The number of hydrogen-bond donors (Lipinski definition) is 3. The van der Waals surface area contributed by atoms with E-state index in [2.05, 4.69) is 20.4 Å². The molecule has 8 nitrogen and oxygen atoms in total. The summed E-state index contributed by atoms with van der Waals surface area (Å²) in [7, 11) is 0. The summed E-state index contributed by atoms with van der Waals surface area (Å²) < 4.78 is 1.44. The predicted molar refractivity (Wildman–Crippen MR) is 102 cm³/mol. The molecule has 0 aliphatic rings. The Bertz CT molecular complexity index is 1040. The number of hydrogen-bond acceptors (Lipinski definition) is 6. The van der Waals surface area contributed by atoms with Gasteiger partial charge < -0.3 is 16.8 Å². The zero-order chi connectivity index (χ0) is 18.7. The van der Waals surface area contributed by atoms with Gasteiger partial charge in [-0.25, -0.2) is 14.5 Å². The summed E-state index contributed by atoms with van der Waals surface area (Å²) in [5, 5.41) is 7.52. The van der Waals surface area contributed by atoms with Gasteiger partial charge in [-0.1, -0.05) is 23.2 Å². The van der Waals surface area contributed by atoms with Crippen LogP contribution in [-0.2, 0) is 0 Å². The highest BCUT2D eigenvalue weighted by atomic mass is 35.5. The summed E-state index contributed by atoms with van der Waals surface area (Å²) in [5.74, 6) is -0.0356. The third-order valence-corrected chi connectivity index (χ3v) is 3.83. The molecule has 2 aromatic heterocycles. The number of nitrogens with two attached hydrogens (primary N) is 2. The molecule has 3 rings (SSSR count). The molecule has 26 heavy (non-hydrogen) atoms. The first kappa shape index (κ1) is 17.7. The lowest BCUT2D eigenvalue weighted by molar-refractivity contribution is 0.0978. The normalized spacial score (nSPS) is 12.0. The van der Waals surface area contributed by atoms with Crippen LogP contribution < -0.4 is 16.8 Å². The van der Waals surface area contributed by atoms with E-state index in [1.165, 1.54) is 23.0 Å². The summed E-state index contributed by atoms with van der Waals surface area (Å²) in [6, 6.07) is 6.38. The van der Waals surface area contributed by atoms with Crippen molar-refractivity contribution < 1.29 is 4.79 Å². The lowest BCUT2D eigenvalue weighted by Crippen LogP contribution is -2.29. The van der Waals surface area contributed by atoms with E-state index in [0.717, 1.165) is 0 Å². The van der Waals surface area contributed by atoms with Crippen molar-refractivity contribution in [3.05, 3.63) is 64.5 Å². The number of halogens is 2. The number of anilines is 1. The van der Waals surface area contributed by atoms with Crippen molar-refractivity contribution in [1.82, 2.24) is 19.9 Å². The minimum absolute atomic E-state index is 0.171. The van der Waals surface area contributed by atoms with Crippen LogP contribution in [0.3, 0.4) is 0 Å². The lowest BCUT2D eigenvalue weighted by atomic mass is 10.3. The number of nitrogen functional groups attached to an aromatic ring is 1. The number of rotatable bonds is 3. The van der Waals surface area contributed by atoms with Crippen molar-refractivity contribution in [2.75, 3.05) is 5.73 Å².